The van der Waals surface area contributed by atoms with Crippen molar-refractivity contribution in [3.05, 3.63) is 68.2 Å². The molecule has 0 saturated heterocycles. The van der Waals surface area contributed by atoms with Crippen LogP contribution in [0.2, 0.25) is 15.1 Å². The van der Waals surface area contributed by atoms with Crippen LogP contribution in [-0.4, -0.2) is 31.4 Å². The van der Waals surface area contributed by atoms with Gasteiger partial charge in [-0.05, 0) is 49.7 Å². The van der Waals surface area contributed by atoms with Gasteiger partial charge in [0.25, 0.3) is 0 Å². The van der Waals surface area contributed by atoms with Crippen molar-refractivity contribution >= 4 is 68.9 Å². The summed E-state index contributed by atoms with van der Waals surface area (Å²) in [6.07, 6.45) is 0. The van der Waals surface area contributed by atoms with E-state index in [9.17, 15) is 4.79 Å². The standard InChI is InChI=1S/C23H20Cl3N5O2S2/c1-3-31-20(10-33-19-8-13(2)4-7-16(19)25)29-30-23(31)35-12-21(32)28-22-27-18(11-34-22)15-6-5-14(24)9-17(15)26/h4-9,11H,3,10,12H2,1-2H3,(H,27,28,32). The Bertz CT molecular complexity index is 1360. The number of hydrogen-bond acceptors (Lipinski definition) is 7. The highest BCUT2D eigenvalue weighted by Crippen LogP contribution is 2.32. The van der Waals surface area contributed by atoms with E-state index >= 15 is 0 Å². The van der Waals surface area contributed by atoms with Crippen LogP contribution in [-0.2, 0) is 17.9 Å². The number of hydrogen-bond donors (Lipinski definition) is 1. The van der Waals surface area contributed by atoms with Crippen molar-refractivity contribution in [2.24, 2.45) is 0 Å². The Morgan fingerprint density at radius 2 is 1.97 bits per heavy atom. The van der Waals surface area contributed by atoms with E-state index in [4.69, 9.17) is 39.5 Å². The van der Waals surface area contributed by atoms with Gasteiger partial charge in [-0.25, -0.2) is 4.98 Å². The van der Waals surface area contributed by atoms with Crippen LogP contribution in [0.15, 0.2) is 46.9 Å². The highest BCUT2D eigenvalue weighted by Gasteiger charge is 2.16. The Morgan fingerprint density at radius 3 is 2.74 bits per heavy atom. The van der Waals surface area contributed by atoms with Gasteiger partial charge in [0.15, 0.2) is 16.1 Å². The molecular formula is C23H20Cl3N5O2S2. The van der Waals surface area contributed by atoms with Crippen molar-refractivity contribution in [2.75, 3.05) is 11.1 Å². The lowest BCUT2D eigenvalue weighted by molar-refractivity contribution is -0.113. The van der Waals surface area contributed by atoms with E-state index < -0.39 is 0 Å². The van der Waals surface area contributed by atoms with E-state index in [0.29, 0.717) is 49.2 Å². The number of ether oxygens (including phenoxy) is 1. The van der Waals surface area contributed by atoms with Crippen LogP contribution < -0.4 is 10.1 Å². The molecule has 2 aromatic carbocycles. The number of rotatable bonds is 9. The molecule has 0 atom stereocenters. The summed E-state index contributed by atoms with van der Waals surface area (Å²) in [4.78, 5) is 17.0. The molecule has 0 aliphatic heterocycles. The molecule has 4 aromatic rings. The Kier molecular flexibility index (Phi) is 8.56. The van der Waals surface area contributed by atoms with E-state index in [1.54, 1.807) is 24.3 Å². The van der Waals surface area contributed by atoms with Crippen LogP contribution >= 0.6 is 57.9 Å². The zero-order valence-corrected chi connectivity index (χ0v) is 22.6. The molecular weight excluding hydrogens is 549 g/mol. The fraction of sp³-hybridized carbons (Fsp3) is 0.217. The molecule has 1 amide bonds. The second-order valence-electron chi connectivity index (χ2n) is 7.36. The summed E-state index contributed by atoms with van der Waals surface area (Å²) in [6.45, 7) is 4.80. The molecule has 0 unspecified atom stereocenters. The summed E-state index contributed by atoms with van der Waals surface area (Å²) in [6, 6.07) is 10.8. The molecule has 0 radical (unpaired) electrons. The molecule has 2 heterocycles. The lowest BCUT2D eigenvalue weighted by atomic mass is 10.2. The monoisotopic (exact) mass is 567 g/mol. The number of anilines is 1. The molecule has 35 heavy (non-hydrogen) atoms. The number of carbonyl (C=O) groups excluding carboxylic acids is 1. The second-order valence-corrected chi connectivity index (χ2v) is 10.4. The second kappa shape index (κ2) is 11.6. The summed E-state index contributed by atoms with van der Waals surface area (Å²) in [5.41, 5.74) is 2.47. The predicted molar refractivity (Wildman–Crippen MR) is 143 cm³/mol. The van der Waals surface area contributed by atoms with Crippen molar-refractivity contribution < 1.29 is 9.53 Å². The largest absolute Gasteiger partial charge is 0.484 e. The molecule has 2 aromatic heterocycles. The molecule has 7 nitrogen and oxygen atoms in total. The number of halogens is 3. The van der Waals surface area contributed by atoms with Crippen LogP contribution in [0.3, 0.4) is 0 Å². The number of aryl methyl sites for hydroxylation is 1. The van der Waals surface area contributed by atoms with Crippen LogP contribution in [0, 0.1) is 6.92 Å². The van der Waals surface area contributed by atoms with Crippen molar-refractivity contribution in [1.82, 2.24) is 19.7 Å². The first-order chi connectivity index (χ1) is 16.8. The molecule has 0 aliphatic carbocycles. The minimum atomic E-state index is -0.201. The Balaban J connectivity index is 1.35. The van der Waals surface area contributed by atoms with E-state index in [1.165, 1.54) is 23.1 Å². The minimum Gasteiger partial charge on any atom is -0.484 e. The van der Waals surface area contributed by atoms with Crippen molar-refractivity contribution in [3.63, 3.8) is 0 Å². The number of carbonyl (C=O) groups is 1. The molecule has 1 N–H and O–H groups in total. The van der Waals surface area contributed by atoms with Gasteiger partial charge in [0.05, 0.1) is 21.5 Å². The maximum Gasteiger partial charge on any atom is 0.236 e. The molecule has 4 rings (SSSR count). The van der Waals surface area contributed by atoms with Gasteiger partial charge in [0.1, 0.15) is 12.4 Å². The average molecular weight is 569 g/mol. The van der Waals surface area contributed by atoms with E-state index in [2.05, 4.69) is 20.5 Å². The van der Waals surface area contributed by atoms with Crippen molar-refractivity contribution in [2.45, 2.75) is 32.2 Å². The van der Waals surface area contributed by atoms with E-state index in [-0.39, 0.29) is 18.3 Å². The van der Waals surface area contributed by atoms with Gasteiger partial charge < -0.3 is 14.6 Å². The third kappa shape index (κ3) is 6.48. The van der Waals surface area contributed by atoms with Gasteiger partial charge in [0.2, 0.25) is 5.91 Å². The van der Waals surface area contributed by atoms with Crippen LogP contribution in [0.5, 0.6) is 5.75 Å². The first-order valence-electron chi connectivity index (χ1n) is 10.5. The molecule has 12 heteroatoms. The number of amides is 1. The van der Waals surface area contributed by atoms with E-state index in [0.717, 1.165) is 11.1 Å². The lowest BCUT2D eigenvalue weighted by Gasteiger charge is -2.10. The Hall–Kier alpha value is -2.30. The normalized spacial score (nSPS) is 11.0. The summed E-state index contributed by atoms with van der Waals surface area (Å²) in [5, 5.41) is 15.8. The number of thiazole rings is 1. The van der Waals surface area contributed by atoms with Crippen LogP contribution in [0.1, 0.15) is 18.3 Å². The van der Waals surface area contributed by atoms with Crippen LogP contribution in [0.4, 0.5) is 5.13 Å². The van der Waals surface area contributed by atoms with Crippen LogP contribution in [0.25, 0.3) is 11.3 Å². The van der Waals surface area contributed by atoms with Crippen molar-refractivity contribution in [3.8, 4) is 17.0 Å². The van der Waals surface area contributed by atoms with E-state index in [1.807, 2.05) is 35.9 Å². The van der Waals surface area contributed by atoms with Gasteiger partial charge in [-0.3, -0.25) is 4.79 Å². The maximum absolute atomic E-state index is 12.5. The lowest BCUT2D eigenvalue weighted by Crippen LogP contribution is -2.14. The van der Waals surface area contributed by atoms with Crippen molar-refractivity contribution in [1.29, 1.82) is 0 Å². The van der Waals surface area contributed by atoms with Gasteiger partial charge in [-0.1, -0.05) is 52.6 Å². The number of nitrogens with zero attached hydrogens (tertiary/aromatic N) is 4. The summed E-state index contributed by atoms with van der Waals surface area (Å²) in [7, 11) is 0. The first kappa shape index (κ1) is 25.8. The summed E-state index contributed by atoms with van der Waals surface area (Å²) < 4.78 is 7.76. The SMILES string of the molecule is CCn1c(COc2cc(C)ccc2Cl)nnc1SCC(=O)Nc1nc(-c2ccc(Cl)cc2Cl)cs1. The van der Waals surface area contributed by atoms with Gasteiger partial charge >= 0.3 is 0 Å². The number of nitrogens with one attached hydrogen (secondary N) is 1. The molecule has 0 aliphatic rings. The molecule has 182 valence electrons. The molecule has 0 bridgehead atoms. The average Bonchev–Trinajstić information content (AvgIpc) is 3.44. The molecule has 0 fully saturated rings. The maximum atomic E-state index is 12.5. The topological polar surface area (TPSA) is 81.9 Å². The number of aromatic nitrogens is 4. The molecule has 0 saturated carbocycles. The fourth-order valence-electron chi connectivity index (χ4n) is 3.15. The van der Waals surface area contributed by atoms with Gasteiger partial charge in [0, 0.05) is 22.5 Å². The smallest absolute Gasteiger partial charge is 0.236 e. The predicted octanol–water partition coefficient (Wildman–Crippen LogP) is 7.00. The zero-order valence-electron chi connectivity index (χ0n) is 18.7. The number of thioether (sulfide) groups is 1. The quantitative estimate of drug-likeness (QED) is 0.219. The van der Waals surface area contributed by atoms with Gasteiger partial charge in [-0.2, -0.15) is 0 Å². The van der Waals surface area contributed by atoms with Gasteiger partial charge in [-0.15, -0.1) is 21.5 Å². The first-order valence-corrected chi connectivity index (χ1v) is 13.5. The molecule has 0 spiro atoms. The minimum absolute atomic E-state index is 0.152. The fourth-order valence-corrected chi connectivity index (χ4v) is 5.38. The summed E-state index contributed by atoms with van der Waals surface area (Å²) in [5.74, 6) is 1.19. The highest BCUT2D eigenvalue weighted by atomic mass is 35.5. The third-order valence-electron chi connectivity index (χ3n) is 4.84. The Morgan fingerprint density at radius 1 is 1.14 bits per heavy atom. The highest BCUT2D eigenvalue weighted by molar-refractivity contribution is 7.99. The number of benzene rings is 2. The Labute approximate surface area is 225 Å². The zero-order chi connectivity index (χ0) is 24.9. The summed E-state index contributed by atoms with van der Waals surface area (Å²) >= 11 is 21.0. The third-order valence-corrected chi connectivity index (χ3v) is 7.43.